The Kier molecular flexibility index (Phi) is 3.62. The summed E-state index contributed by atoms with van der Waals surface area (Å²) in [4.78, 5) is 0. The van der Waals surface area contributed by atoms with Crippen LogP contribution in [0.3, 0.4) is 0 Å². The largest absolute Gasteiger partial charge is 0.516 e. The summed E-state index contributed by atoms with van der Waals surface area (Å²) >= 11 is 0. The molecule has 5 heteroatoms. The maximum absolute atomic E-state index is 6.07. The van der Waals surface area contributed by atoms with E-state index in [1.807, 2.05) is 16.9 Å². The molecule has 0 radical (unpaired) electrons. The summed E-state index contributed by atoms with van der Waals surface area (Å²) in [5.74, 6) is 0.780. The molecule has 2 heterocycles. The summed E-state index contributed by atoms with van der Waals surface area (Å²) in [6.07, 6.45) is 4.67. The van der Waals surface area contributed by atoms with Gasteiger partial charge in [0.15, 0.2) is 0 Å². The Balaban J connectivity index is 1.48. The highest BCUT2D eigenvalue weighted by Crippen LogP contribution is 2.40. The maximum Gasteiger partial charge on any atom is 0.516 e. The van der Waals surface area contributed by atoms with Gasteiger partial charge in [0.2, 0.25) is 0 Å². The zero-order valence-electron chi connectivity index (χ0n) is 15.0. The van der Waals surface area contributed by atoms with Crippen LogP contribution < -0.4 is 5.59 Å². The molecule has 2 fully saturated rings. The molecule has 1 aliphatic carbocycles. The summed E-state index contributed by atoms with van der Waals surface area (Å²) in [5, 5.41) is 4.68. The number of nitrogens with zero attached hydrogens (tertiary/aromatic N) is 2. The average Bonchev–Trinajstić information content (AvgIpc) is 3.21. The van der Waals surface area contributed by atoms with E-state index in [0.717, 1.165) is 18.1 Å². The van der Waals surface area contributed by atoms with Crippen LogP contribution in [0.2, 0.25) is 0 Å². The van der Waals surface area contributed by atoms with Gasteiger partial charge in [0.05, 0.1) is 23.3 Å². The van der Waals surface area contributed by atoms with Gasteiger partial charge in [0.25, 0.3) is 0 Å². The van der Waals surface area contributed by atoms with Gasteiger partial charge in [-0.15, -0.1) is 0 Å². The van der Waals surface area contributed by atoms with Crippen LogP contribution in [-0.4, -0.2) is 28.1 Å². The Morgan fingerprint density at radius 2 is 1.83 bits per heavy atom. The van der Waals surface area contributed by atoms with Crippen LogP contribution in [0.15, 0.2) is 36.5 Å². The quantitative estimate of drug-likeness (QED) is 0.811. The third-order valence-electron chi connectivity index (χ3n) is 5.50. The van der Waals surface area contributed by atoms with E-state index in [2.05, 4.69) is 57.1 Å². The lowest BCUT2D eigenvalue weighted by Crippen LogP contribution is -2.41. The van der Waals surface area contributed by atoms with Crippen molar-refractivity contribution in [1.29, 1.82) is 0 Å². The Hall–Kier alpha value is -1.59. The Bertz CT molecular complexity index is 733. The lowest BCUT2D eigenvalue weighted by Gasteiger charge is -2.32. The monoisotopic (exact) mass is 324 g/mol. The molecule has 0 unspecified atom stereocenters. The van der Waals surface area contributed by atoms with Gasteiger partial charge in [-0.05, 0) is 63.6 Å². The molecule has 1 aliphatic heterocycles. The van der Waals surface area contributed by atoms with Crippen molar-refractivity contribution in [3.8, 4) is 0 Å². The standard InChI is InChI=1S/C19H25BN2O2/c1-18(2)19(3,4)24-20(23-18)17-10-11-22(21-17)13-14-6-5-7-16(12-14)15-8-9-15/h5-7,10-12,15H,8-9,13H2,1-4H3. The van der Waals surface area contributed by atoms with Crippen LogP contribution in [0.1, 0.15) is 57.6 Å². The second kappa shape index (κ2) is 5.46. The molecule has 4 rings (SSSR count). The minimum atomic E-state index is -0.394. The molecule has 0 spiro atoms. The van der Waals surface area contributed by atoms with Crippen molar-refractivity contribution in [2.75, 3.05) is 0 Å². The van der Waals surface area contributed by atoms with Crippen LogP contribution in [0.25, 0.3) is 0 Å². The van der Waals surface area contributed by atoms with Gasteiger partial charge < -0.3 is 9.31 Å². The molecule has 1 aromatic carbocycles. The van der Waals surface area contributed by atoms with E-state index in [-0.39, 0.29) is 11.2 Å². The summed E-state index contributed by atoms with van der Waals surface area (Å²) in [5.41, 5.74) is 2.93. The van der Waals surface area contributed by atoms with Gasteiger partial charge in [-0.2, -0.15) is 5.10 Å². The number of hydrogen-bond donors (Lipinski definition) is 0. The maximum atomic E-state index is 6.07. The minimum Gasteiger partial charge on any atom is -0.398 e. The van der Waals surface area contributed by atoms with E-state index in [4.69, 9.17) is 9.31 Å². The lowest BCUT2D eigenvalue weighted by atomic mass is 9.85. The molecule has 2 aliphatic rings. The molecule has 1 saturated carbocycles. The van der Waals surface area contributed by atoms with E-state index in [0.29, 0.717) is 0 Å². The van der Waals surface area contributed by atoms with Gasteiger partial charge in [0, 0.05) is 6.20 Å². The smallest absolute Gasteiger partial charge is 0.398 e. The average molecular weight is 324 g/mol. The fourth-order valence-electron chi connectivity index (χ4n) is 3.10. The predicted octanol–water partition coefficient (Wildman–Crippen LogP) is 3.11. The van der Waals surface area contributed by atoms with Gasteiger partial charge in [-0.3, -0.25) is 4.68 Å². The second-order valence-corrected chi connectivity index (χ2v) is 8.05. The SMILES string of the molecule is CC1(C)OB(c2ccn(Cc3cccc(C4CC4)c3)n2)OC1(C)C. The van der Waals surface area contributed by atoms with Crippen molar-refractivity contribution >= 4 is 12.7 Å². The van der Waals surface area contributed by atoms with E-state index in [1.165, 1.54) is 24.0 Å². The first-order valence-corrected chi connectivity index (χ1v) is 8.82. The van der Waals surface area contributed by atoms with Gasteiger partial charge in [-0.1, -0.05) is 24.3 Å². The molecule has 0 atom stereocenters. The van der Waals surface area contributed by atoms with Gasteiger partial charge in [0.1, 0.15) is 0 Å². The normalized spacial score (nSPS) is 22.1. The molecular formula is C19H25BN2O2. The third-order valence-corrected chi connectivity index (χ3v) is 5.50. The van der Waals surface area contributed by atoms with Crippen molar-refractivity contribution in [2.24, 2.45) is 0 Å². The fraction of sp³-hybridized carbons (Fsp3) is 0.526. The van der Waals surface area contributed by atoms with Crippen LogP contribution in [0.4, 0.5) is 0 Å². The van der Waals surface area contributed by atoms with Crippen molar-refractivity contribution in [3.63, 3.8) is 0 Å². The Labute approximate surface area is 144 Å². The van der Waals surface area contributed by atoms with E-state index < -0.39 is 7.12 Å². The molecule has 4 nitrogen and oxygen atoms in total. The van der Waals surface area contributed by atoms with Crippen molar-refractivity contribution in [2.45, 2.75) is 64.2 Å². The summed E-state index contributed by atoms with van der Waals surface area (Å²) in [7, 11) is -0.394. The first-order valence-electron chi connectivity index (χ1n) is 8.82. The number of aromatic nitrogens is 2. The first-order chi connectivity index (χ1) is 11.3. The van der Waals surface area contributed by atoms with E-state index in [1.54, 1.807) is 0 Å². The number of benzene rings is 1. The summed E-state index contributed by atoms with van der Waals surface area (Å²) in [6, 6.07) is 10.9. The van der Waals surface area contributed by atoms with Crippen molar-refractivity contribution < 1.29 is 9.31 Å². The Morgan fingerprint density at radius 1 is 1.12 bits per heavy atom. The third kappa shape index (κ3) is 2.91. The highest BCUT2D eigenvalue weighted by Gasteiger charge is 2.52. The zero-order valence-corrected chi connectivity index (χ0v) is 15.0. The molecule has 1 aromatic heterocycles. The number of rotatable bonds is 4. The zero-order chi connectivity index (χ0) is 16.9. The van der Waals surface area contributed by atoms with Crippen molar-refractivity contribution in [1.82, 2.24) is 9.78 Å². The first kappa shape index (κ1) is 15.9. The second-order valence-electron chi connectivity index (χ2n) is 8.05. The van der Waals surface area contributed by atoms with Crippen LogP contribution >= 0.6 is 0 Å². The minimum absolute atomic E-state index is 0.333. The van der Waals surface area contributed by atoms with E-state index in [9.17, 15) is 0 Å². The molecule has 0 N–H and O–H groups in total. The molecule has 2 aromatic rings. The summed E-state index contributed by atoms with van der Waals surface area (Å²) < 4.78 is 14.1. The molecular weight excluding hydrogens is 299 g/mol. The molecule has 1 saturated heterocycles. The van der Waals surface area contributed by atoms with E-state index >= 15 is 0 Å². The van der Waals surface area contributed by atoms with Crippen molar-refractivity contribution in [3.05, 3.63) is 47.7 Å². The molecule has 24 heavy (non-hydrogen) atoms. The van der Waals surface area contributed by atoms with Crippen LogP contribution in [-0.2, 0) is 15.9 Å². The van der Waals surface area contributed by atoms with Gasteiger partial charge in [-0.25, -0.2) is 0 Å². The number of hydrogen-bond acceptors (Lipinski definition) is 3. The predicted molar refractivity (Wildman–Crippen MR) is 95.5 cm³/mol. The fourth-order valence-corrected chi connectivity index (χ4v) is 3.10. The Morgan fingerprint density at radius 3 is 2.50 bits per heavy atom. The summed E-state index contributed by atoms with van der Waals surface area (Å²) in [6.45, 7) is 9.03. The molecule has 0 amide bonds. The highest BCUT2D eigenvalue weighted by atomic mass is 16.7. The highest BCUT2D eigenvalue weighted by molar-refractivity contribution is 6.61. The topological polar surface area (TPSA) is 36.3 Å². The molecule has 126 valence electrons. The molecule has 0 bridgehead atoms. The lowest BCUT2D eigenvalue weighted by molar-refractivity contribution is 0.00578. The van der Waals surface area contributed by atoms with Gasteiger partial charge >= 0.3 is 7.12 Å². The van der Waals surface area contributed by atoms with Crippen LogP contribution in [0.5, 0.6) is 0 Å². The van der Waals surface area contributed by atoms with Crippen LogP contribution in [0, 0.1) is 0 Å².